The molecule has 2 aliphatic heterocycles. The van der Waals surface area contributed by atoms with E-state index in [2.05, 4.69) is 10.5 Å². The van der Waals surface area contributed by atoms with Crippen LogP contribution in [-0.2, 0) is 9.59 Å². The van der Waals surface area contributed by atoms with Gasteiger partial charge in [-0.25, -0.2) is 5.43 Å². The largest absolute Gasteiger partial charge is 0.396 e. The molecular weight excluding hydrogens is 222 g/mol. The molecule has 0 aromatic rings. The fourth-order valence-corrected chi connectivity index (χ4v) is 2.21. The minimum Gasteiger partial charge on any atom is -0.396 e. The third-order valence-electron chi connectivity index (χ3n) is 3.22. The lowest BCUT2D eigenvalue weighted by Gasteiger charge is -2.32. The van der Waals surface area contributed by atoms with E-state index < -0.39 is 0 Å². The van der Waals surface area contributed by atoms with Gasteiger partial charge in [0.05, 0.1) is 0 Å². The summed E-state index contributed by atoms with van der Waals surface area (Å²) < 4.78 is 0. The van der Waals surface area contributed by atoms with Crippen LogP contribution < -0.4 is 5.43 Å². The Labute approximate surface area is 99.7 Å². The number of carbonyl (C=O) groups excluding carboxylic acids is 2. The van der Waals surface area contributed by atoms with Gasteiger partial charge in [-0.1, -0.05) is 0 Å². The first-order valence-electron chi connectivity index (χ1n) is 5.96. The second-order valence-electron chi connectivity index (χ2n) is 4.54. The summed E-state index contributed by atoms with van der Waals surface area (Å²) in [7, 11) is 0. The first kappa shape index (κ1) is 12.0. The highest BCUT2D eigenvalue weighted by Crippen LogP contribution is 2.17. The fraction of sp³-hybridized carbons (Fsp3) is 0.727. The number of hydrogen-bond donors (Lipinski definition) is 2. The predicted octanol–water partition coefficient (Wildman–Crippen LogP) is -0.517. The molecule has 0 spiro atoms. The van der Waals surface area contributed by atoms with Gasteiger partial charge >= 0.3 is 0 Å². The van der Waals surface area contributed by atoms with Gasteiger partial charge in [0.25, 0.3) is 5.91 Å². The number of aliphatic hydroxyl groups excluding tert-OH is 1. The average Bonchev–Trinajstić information content (AvgIpc) is 2.39. The van der Waals surface area contributed by atoms with Crippen molar-refractivity contribution in [3.8, 4) is 0 Å². The Morgan fingerprint density at radius 3 is 3.00 bits per heavy atom. The van der Waals surface area contributed by atoms with Crippen molar-refractivity contribution >= 4 is 17.5 Å². The number of amides is 2. The summed E-state index contributed by atoms with van der Waals surface area (Å²) in [6, 6.07) is 0. The Kier molecular flexibility index (Phi) is 3.73. The van der Waals surface area contributed by atoms with Crippen molar-refractivity contribution in [3.05, 3.63) is 0 Å². The lowest BCUT2D eigenvalue weighted by molar-refractivity contribution is -0.126. The molecule has 0 aromatic carbocycles. The molecule has 0 radical (unpaired) electrons. The first-order chi connectivity index (χ1) is 8.20. The lowest BCUT2D eigenvalue weighted by atomic mass is 9.98. The Hall–Kier alpha value is -1.43. The van der Waals surface area contributed by atoms with E-state index >= 15 is 0 Å². The molecule has 1 saturated heterocycles. The predicted molar refractivity (Wildman–Crippen MR) is 61.2 cm³/mol. The monoisotopic (exact) mass is 239 g/mol. The molecule has 6 nitrogen and oxygen atoms in total. The van der Waals surface area contributed by atoms with E-state index in [1.54, 1.807) is 4.90 Å². The molecule has 2 rings (SSSR count). The Balaban J connectivity index is 1.97. The molecule has 0 saturated carbocycles. The maximum absolute atomic E-state index is 12.1. The van der Waals surface area contributed by atoms with Crippen molar-refractivity contribution in [1.29, 1.82) is 0 Å². The number of piperidine rings is 1. The van der Waals surface area contributed by atoms with E-state index in [1.165, 1.54) is 0 Å². The topological polar surface area (TPSA) is 82.0 Å². The zero-order valence-corrected chi connectivity index (χ0v) is 9.69. The molecule has 6 heteroatoms. The van der Waals surface area contributed by atoms with Gasteiger partial charge < -0.3 is 10.0 Å². The highest BCUT2D eigenvalue weighted by molar-refractivity contribution is 6.39. The maximum Gasteiger partial charge on any atom is 0.270 e. The van der Waals surface area contributed by atoms with Crippen LogP contribution >= 0.6 is 0 Å². The molecular formula is C11H17N3O3. The quantitative estimate of drug-likeness (QED) is 0.680. The fourth-order valence-electron chi connectivity index (χ4n) is 2.21. The molecule has 1 unspecified atom stereocenters. The van der Waals surface area contributed by atoms with E-state index in [0.717, 1.165) is 12.8 Å². The van der Waals surface area contributed by atoms with Gasteiger partial charge in [0.2, 0.25) is 5.91 Å². The Morgan fingerprint density at radius 2 is 2.35 bits per heavy atom. The number of hydrazone groups is 1. The minimum atomic E-state index is -0.145. The molecule has 2 aliphatic rings. The zero-order chi connectivity index (χ0) is 12.3. The van der Waals surface area contributed by atoms with Crippen LogP contribution in [0.25, 0.3) is 0 Å². The van der Waals surface area contributed by atoms with Gasteiger partial charge in [0.15, 0.2) is 0 Å². The van der Waals surface area contributed by atoms with Crippen LogP contribution in [0.5, 0.6) is 0 Å². The van der Waals surface area contributed by atoms with Gasteiger partial charge in [0, 0.05) is 32.5 Å². The molecule has 0 bridgehead atoms. The number of rotatable bonds is 2. The summed E-state index contributed by atoms with van der Waals surface area (Å²) in [5, 5.41) is 12.9. The number of nitrogens with zero attached hydrogens (tertiary/aromatic N) is 2. The molecule has 0 aliphatic carbocycles. The van der Waals surface area contributed by atoms with Crippen LogP contribution in [0.1, 0.15) is 25.7 Å². The van der Waals surface area contributed by atoms with Crippen molar-refractivity contribution in [3.63, 3.8) is 0 Å². The molecule has 1 atom stereocenters. The molecule has 1 fully saturated rings. The summed E-state index contributed by atoms with van der Waals surface area (Å²) in [5.41, 5.74) is 2.75. The summed E-state index contributed by atoms with van der Waals surface area (Å²) in [5.74, 6) is -0.0805. The first-order valence-corrected chi connectivity index (χ1v) is 5.96. The van der Waals surface area contributed by atoms with Gasteiger partial charge in [-0.3, -0.25) is 9.59 Å². The van der Waals surface area contributed by atoms with Crippen molar-refractivity contribution < 1.29 is 14.7 Å². The number of nitrogens with one attached hydrogen (secondary N) is 1. The van der Waals surface area contributed by atoms with Crippen LogP contribution in [-0.4, -0.2) is 47.2 Å². The maximum atomic E-state index is 12.1. The second-order valence-corrected chi connectivity index (χ2v) is 4.54. The van der Waals surface area contributed by atoms with Crippen LogP contribution in [0.4, 0.5) is 0 Å². The van der Waals surface area contributed by atoms with Gasteiger partial charge in [-0.15, -0.1) is 0 Å². The van der Waals surface area contributed by atoms with Gasteiger partial charge in [-0.05, 0) is 18.8 Å². The smallest absolute Gasteiger partial charge is 0.270 e. The molecule has 2 amide bonds. The third kappa shape index (κ3) is 2.82. The SMILES string of the molecule is O=C1CCC(C(=O)N2CCCC(CO)C2)=NN1. The molecule has 17 heavy (non-hydrogen) atoms. The van der Waals surface area contributed by atoms with Gasteiger partial charge in [-0.2, -0.15) is 5.10 Å². The van der Waals surface area contributed by atoms with E-state index in [4.69, 9.17) is 5.11 Å². The zero-order valence-electron chi connectivity index (χ0n) is 9.69. The molecule has 2 N–H and O–H groups in total. The van der Waals surface area contributed by atoms with E-state index in [1.807, 2.05) is 0 Å². The lowest BCUT2D eigenvalue weighted by Crippen LogP contribution is -2.45. The third-order valence-corrected chi connectivity index (χ3v) is 3.22. The highest BCUT2D eigenvalue weighted by Gasteiger charge is 2.27. The minimum absolute atomic E-state index is 0.108. The molecule has 2 heterocycles. The van der Waals surface area contributed by atoms with Crippen LogP contribution in [0.15, 0.2) is 5.10 Å². The van der Waals surface area contributed by atoms with Crippen molar-refractivity contribution in [1.82, 2.24) is 10.3 Å². The standard InChI is InChI=1S/C11H17N3O3/c15-7-8-2-1-5-14(6-8)11(17)9-3-4-10(16)13-12-9/h8,15H,1-7H2,(H,13,16). The molecule has 94 valence electrons. The van der Waals surface area contributed by atoms with Crippen molar-refractivity contribution in [2.45, 2.75) is 25.7 Å². The Bertz CT molecular complexity index is 354. The van der Waals surface area contributed by atoms with Gasteiger partial charge in [0.1, 0.15) is 5.71 Å². The summed E-state index contributed by atoms with van der Waals surface area (Å²) in [4.78, 5) is 24.7. The summed E-state index contributed by atoms with van der Waals surface area (Å²) >= 11 is 0. The van der Waals surface area contributed by atoms with Crippen LogP contribution in [0.2, 0.25) is 0 Å². The van der Waals surface area contributed by atoms with Crippen molar-refractivity contribution in [2.24, 2.45) is 11.0 Å². The van der Waals surface area contributed by atoms with E-state index in [0.29, 0.717) is 31.6 Å². The van der Waals surface area contributed by atoms with Crippen molar-refractivity contribution in [2.75, 3.05) is 19.7 Å². The number of likely N-dealkylation sites (tertiary alicyclic amines) is 1. The average molecular weight is 239 g/mol. The van der Waals surface area contributed by atoms with Crippen LogP contribution in [0, 0.1) is 5.92 Å². The van der Waals surface area contributed by atoms with E-state index in [-0.39, 0.29) is 24.3 Å². The normalized spacial score (nSPS) is 25.2. The second kappa shape index (κ2) is 5.27. The number of carbonyl (C=O) groups is 2. The number of aliphatic hydroxyl groups is 1. The summed E-state index contributed by atoms with van der Waals surface area (Å²) in [6.45, 7) is 1.41. The van der Waals surface area contributed by atoms with E-state index in [9.17, 15) is 9.59 Å². The highest BCUT2D eigenvalue weighted by atomic mass is 16.3. The van der Waals surface area contributed by atoms with Crippen LogP contribution in [0.3, 0.4) is 0 Å². The summed E-state index contributed by atoms with van der Waals surface area (Å²) in [6.07, 6.45) is 2.60. The Morgan fingerprint density at radius 1 is 1.53 bits per heavy atom. The number of hydrogen-bond acceptors (Lipinski definition) is 4. The molecule has 0 aromatic heterocycles.